The molecule has 1 fully saturated rings. The third-order valence-corrected chi connectivity index (χ3v) is 6.92. The molecule has 0 unspecified atom stereocenters. The van der Waals surface area contributed by atoms with E-state index in [2.05, 4.69) is 57.0 Å². The lowest BCUT2D eigenvalue weighted by atomic mass is 9.87. The summed E-state index contributed by atoms with van der Waals surface area (Å²) in [5.74, 6) is -1.47. The van der Waals surface area contributed by atoms with Gasteiger partial charge in [0, 0.05) is 23.0 Å². The Balaban J connectivity index is 1.53. The van der Waals surface area contributed by atoms with Crippen LogP contribution < -0.4 is 10.2 Å². The minimum absolute atomic E-state index is 0.121. The van der Waals surface area contributed by atoms with Gasteiger partial charge in [-0.25, -0.2) is 4.39 Å². The smallest absolute Gasteiger partial charge is 0.294 e. The topological polar surface area (TPSA) is 69.7 Å². The first-order chi connectivity index (χ1) is 16.5. The number of carbonyl (C=O) groups is 3. The average Bonchev–Trinajstić information content (AvgIpc) is 3.02. The van der Waals surface area contributed by atoms with Gasteiger partial charge < -0.3 is 10.2 Å². The molecule has 1 N–H and O–H groups in total. The van der Waals surface area contributed by atoms with E-state index in [0.29, 0.717) is 11.7 Å². The Labute approximate surface area is 208 Å². The fourth-order valence-corrected chi connectivity index (χ4v) is 5.60. The number of thioether (sulfide) groups is 1. The highest BCUT2D eigenvalue weighted by atomic mass is 32.2. The summed E-state index contributed by atoms with van der Waals surface area (Å²) in [5.41, 5.74) is 4.44. The van der Waals surface area contributed by atoms with Gasteiger partial charge in [-0.2, -0.15) is 0 Å². The molecule has 35 heavy (non-hydrogen) atoms. The monoisotopic (exact) mass is 493 g/mol. The third-order valence-electron chi connectivity index (χ3n) is 6.01. The zero-order chi connectivity index (χ0) is 25.5. The molecule has 0 saturated carbocycles. The summed E-state index contributed by atoms with van der Waals surface area (Å²) in [6.07, 6.45) is 3.93. The van der Waals surface area contributed by atoms with Gasteiger partial charge in [0.25, 0.3) is 11.1 Å². The van der Waals surface area contributed by atoms with E-state index in [0.717, 1.165) is 39.0 Å². The van der Waals surface area contributed by atoms with Gasteiger partial charge in [-0.3, -0.25) is 19.3 Å². The Morgan fingerprint density at radius 1 is 1.14 bits per heavy atom. The molecular weight excluding hydrogens is 465 g/mol. The first kappa shape index (κ1) is 24.7. The number of anilines is 2. The molecule has 2 heterocycles. The third kappa shape index (κ3) is 5.03. The van der Waals surface area contributed by atoms with Crippen molar-refractivity contribution in [3.63, 3.8) is 0 Å². The molecule has 2 aromatic rings. The van der Waals surface area contributed by atoms with Crippen molar-refractivity contribution in [3.8, 4) is 0 Å². The Morgan fingerprint density at radius 3 is 2.49 bits per heavy atom. The first-order valence-electron chi connectivity index (χ1n) is 11.4. The zero-order valence-corrected chi connectivity index (χ0v) is 21.2. The van der Waals surface area contributed by atoms with E-state index in [1.54, 1.807) is 6.08 Å². The standard InChI is InChI=1S/C27H28FN3O3S/c1-16(2)31-22-11-6-18(12-21(22)17(3)14-27(31,4)5)13-23-25(33)30(26(34)35-23)15-24(32)29-20-9-7-19(28)8-10-20/h6-14,16H,15H2,1-5H3,(H,29,32)/b23-13-. The average molecular weight is 494 g/mol. The van der Waals surface area contributed by atoms with Crippen LogP contribution in [-0.2, 0) is 9.59 Å². The predicted octanol–water partition coefficient (Wildman–Crippen LogP) is 5.91. The number of imide groups is 1. The predicted molar refractivity (Wildman–Crippen MR) is 139 cm³/mol. The van der Waals surface area contributed by atoms with Gasteiger partial charge in [0.05, 0.1) is 10.4 Å². The van der Waals surface area contributed by atoms with E-state index in [1.165, 1.54) is 24.3 Å². The molecule has 6 nitrogen and oxygen atoms in total. The minimum Gasteiger partial charge on any atom is -0.360 e. The van der Waals surface area contributed by atoms with E-state index >= 15 is 0 Å². The first-order valence-corrected chi connectivity index (χ1v) is 12.2. The van der Waals surface area contributed by atoms with Crippen LogP contribution in [0, 0.1) is 5.82 Å². The highest BCUT2D eigenvalue weighted by Crippen LogP contribution is 2.41. The van der Waals surface area contributed by atoms with Crippen molar-refractivity contribution in [2.45, 2.75) is 46.2 Å². The number of carbonyl (C=O) groups excluding carboxylic acids is 3. The maximum Gasteiger partial charge on any atom is 0.294 e. The second-order valence-electron chi connectivity index (χ2n) is 9.54. The normalized spacial score (nSPS) is 18.3. The lowest BCUT2D eigenvalue weighted by molar-refractivity contribution is -0.127. The number of nitrogens with one attached hydrogen (secondary N) is 1. The Bertz CT molecular complexity index is 1260. The number of hydrogen-bond acceptors (Lipinski definition) is 5. The van der Waals surface area contributed by atoms with Crippen LogP contribution in [0.15, 0.2) is 53.4 Å². The number of benzene rings is 2. The number of allylic oxidation sites excluding steroid dienone is 1. The van der Waals surface area contributed by atoms with E-state index < -0.39 is 29.4 Å². The SMILES string of the molecule is CC1=CC(C)(C)N(C(C)C)c2ccc(/C=C3\SC(=O)N(CC(=O)Nc4ccc(F)cc4)C3=O)cc21. The van der Waals surface area contributed by atoms with E-state index in [-0.39, 0.29) is 10.4 Å². The van der Waals surface area contributed by atoms with Crippen LogP contribution in [0.25, 0.3) is 11.6 Å². The number of halogens is 1. The molecule has 2 aromatic carbocycles. The second kappa shape index (κ2) is 9.34. The molecule has 3 amide bonds. The molecule has 8 heteroatoms. The van der Waals surface area contributed by atoms with Gasteiger partial charge in [-0.15, -0.1) is 0 Å². The molecule has 0 bridgehead atoms. The molecule has 0 aliphatic carbocycles. The molecule has 2 aliphatic heterocycles. The number of hydrogen-bond donors (Lipinski definition) is 1. The highest BCUT2D eigenvalue weighted by molar-refractivity contribution is 8.18. The van der Waals surface area contributed by atoms with Crippen LogP contribution >= 0.6 is 11.8 Å². The van der Waals surface area contributed by atoms with Gasteiger partial charge in [0.15, 0.2) is 0 Å². The van der Waals surface area contributed by atoms with Gasteiger partial charge in [0.1, 0.15) is 12.4 Å². The quantitative estimate of drug-likeness (QED) is 0.525. The number of fused-ring (bicyclic) bond motifs is 1. The summed E-state index contributed by atoms with van der Waals surface area (Å²) < 4.78 is 13.1. The van der Waals surface area contributed by atoms with Crippen LogP contribution in [0.5, 0.6) is 0 Å². The van der Waals surface area contributed by atoms with Crippen molar-refractivity contribution in [2.24, 2.45) is 0 Å². The number of rotatable bonds is 5. The van der Waals surface area contributed by atoms with Crippen molar-refractivity contribution < 1.29 is 18.8 Å². The number of amides is 3. The Kier molecular flexibility index (Phi) is 6.60. The molecule has 182 valence electrons. The highest BCUT2D eigenvalue weighted by Gasteiger charge is 2.37. The summed E-state index contributed by atoms with van der Waals surface area (Å²) in [7, 11) is 0. The minimum atomic E-state index is -0.536. The number of nitrogens with zero attached hydrogens (tertiary/aromatic N) is 2. The Hall–Kier alpha value is -3.39. The van der Waals surface area contributed by atoms with E-state index in [1.807, 2.05) is 12.1 Å². The van der Waals surface area contributed by atoms with Crippen LogP contribution in [-0.4, -0.2) is 40.1 Å². The van der Waals surface area contributed by atoms with Gasteiger partial charge in [-0.05, 0) is 100.0 Å². The molecule has 0 aromatic heterocycles. The van der Waals surface area contributed by atoms with Crippen molar-refractivity contribution in [2.75, 3.05) is 16.8 Å². The summed E-state index contributed by atoms with van der Waals surface area (Å²) >= 11 is 0.814. The van der Waals surface area contributed by atoms with Gasteiger partial charge in [0.2, 0.25) is 5.91 Å². The van der Waals surface area contributed by atoms with Crippen LogP contribution in [0.1, 0.15) is 45.7 Å². The molecule has 2 aliphatic rings. The molecular formula is C27H28FN3O3S. The molecule has 0 spiro atoms. The van der Waals surface area contributed by atoms with Gasteiger partial charge in [-0.1, -0.05) is 12.1 Å². The van der Waals surface area contributed by atoms with Crippen molar-refractivity contribution >= 4 is 51.8 Å². The Morgan fingerprint density at radius 2 is 1.83 bits per heavy atom. The summed E-state index contributed by atoms with van der Waals surface area (Å²) in [6, 6.07) is 11.6. The fraction of sp³-hybridized carbons (Fsp3) is 0.296. The lowest BCUT2D eigenvalue weighted by Crippen LogP contribution is -2.49. The maximum atomic E-state index is 13.1. The van der Waals surface area contributed by atoms with Crippen LogP contribution in [0.2, 0.25) is 0 Å². The largest absolute Gasteiger partial charge is 0.360 e. The fourth-order valence-electron chi connectivity index (χ4n) is 4.77. The molecule has 0 radical (unpaired) electrons. The lowest BCUT2D eigenvalue weighted by Gasteiger charge is -2.46. The van der Waals surface area contributed by atoms with Crippen LogP contribution in [0.4, 0.5) is 20.6 Å². The van der Waals surface area contributed by atoms with Crippen LogP contribution in [0.3, 0.4) is 0 Å². The molecule has 4 rings (SSSR count). The molecule has 1 saturated heterocycles. The maximum absolute atomic E-state index is 13.1. The summed E-state index contributed by atoms with van der Waals surface area (Å²) in [4.78, 5) is 41.3. The van der Waals surface area contributed by atoms with Crippen molar-refractivity contribution in [3.05, 3.63) is 70.4 Å². The summed E-state index contributed by atoms with van der Waals surface area (Å²) in [5, 5.41) is 2.07. The molecule has 0 atom stereocenters. The van der Waals surface area contributed by atoms with E-state index in [9.17, 15) is 18.8 Å². The zero-order valence-electron chi connectivity index (χ0n) is 20.4. The van der Waals surface area contributed by atoms with Gasteiger partial charge >= 0.3 is 0 Å². The summed E-state index contributed by atoms with van der Waals surface area (Å²) in [6.45, 7) is 10.4. The second-order valence-corrected chi connectivity index (χ2v) is 10.5. The van der Waals surface area contributed by atoms with Crippen molar-refractivity contribution in [1.82, 2.24) is 4.90 Å². The van der Waals surface area contributed by atoms with E-state index in [4.69, 9.17) is 0 Å². The van der Waals surface area contributed by atoms with Crippen molar-refractivity contribution in [1.29, 1.82) is 0 Å².